The second kappa shape index (κ2) is 8.83. The van der Waals surface area contributed by atoms with Crippen molar-refractivity contribution in [2.75, 3.05) is 18.5 Å². The van der Waals surface area contributed by atoms with E-state index in [1.54, 1.807) is 37.3 Å². The summed E-state index contributed by atoms with van der Waals surface area (Å²) in [7, 11) is 0. The largest absolute Gasteiger partial charge is 0.493 e. The van der Waals surface area contributed by atoms with E-state index in [9.17, 15) is 14.3 Å². The van der Waals surface area contributed by atoms with Crippen LogP contribution in [0.4, 0.5) is 10.2 Å². The summed E-state index contributed by atoms with van der Waals surface area (Å²) in [5.41, 5.74) is 2.52. The Morgan fingerprint density at radius 2 is 2.06 bits per heavy atom. The molecule has 7 nitrogen and oxygen atoms in total. The summed E-state index contributed by atoms with van der Waals surface area (Å²) in [6.45, 7) is 2.61. The molecule has 0 bridgehead atoms. The van der Waals surface area contributed by atoms with Crippen LogP contribution in [-0.2, 0) is 6.42 Å². The lowest BCUT2D eigenvalue weighted by atomic mass is 10.1. The predicted octanol–water partition coefficient (Wildman–Crippen LogP) is 4.78. The summed E-state index contributed by atoms with van der Waals surface area (Å²) in [6.07, 6.45) is 3.42. The van der Waals surface area contributed by atoms with Crippen molar-refractivity contribution in [2.24, 2.45) is 0 Å². The van der Waals surface area contributed by atoms with Crippen LogP contribution in [0, 0.1) is 5.82 Å². The second-order valence-electron chi connectivity index (χ2n) is 6.82. The molecule has 0 atom stereocenters. The van der Waals surface area contributed by atoms with Gasteiger partial charge in [-0.15, -0.1) is 0 Å². The Hall–Kier alpha value is -3.94. The van der Waals surface area contributed by atoms with Crippen molar-refractivity contribution in [1.29, 1.82) is 0 Å². The van der Waals surface area contributed by atoms with Gasteiger partial charge in [-0.3, -0.25) is 0 Å². The van der Waals surface area contributed by atoms with Gasteiger partial charge in [0.2, 0.25) is 0 Å². The van der Waals surface area contributed by atoms with Crippen LogP contribution in [0.2, 0.25) is 0 Å². The molecule has 2 N–H and O–H groups in total. The van der Waals surface area contributed by atoms with E-state index in [1.165, 1.54) is 24.7 Å². The summed E-state index contributed by atoms with van der Waals surface area (Å²) in [4.78, 5) is 19.8. The number of carbonyl (C=O) groups is 1. The van der Waals surface area contributed by atoms with Gasteiger partial charge in [-0.05, 0) is 43.2 Å². The predicted molar refractivity (Wildman–Crippen MR) is 114 cm³/mol. The molecule has 0 unspecified atom stereocenters. The molecule has 8 heteroatoms. The van der Waals surface area contributed by atoms with Gasteiger partial charge in [-0.25, -0.2) is 19.2 Å². The van der Waals surface area contributed by atoms with Crippen LogP contribution in [0.1, 0.15) is 22.8 Å². The minimum Gasteiger partial charge on any atom is -0.493 e. The first-order valence-corrected chi connectivity index (χ1v) is 9.77. The van der Waals surface area contributed by atoms with Gasteiger partial charge in [0.25, 0.3) is 0 Å². The van der Waals surface area contributed by atoms with E-state index in [1.807, 2.05) is 0 Å². The number of nitrogens with one attached hydrogen (secondary N) is 1. The molecule has 0 aliphatic heterocycles. The number of benzene rings is 2. The van der Waals surface area contributed by atoms with Gasteiger partial charge in [0.15, 0.2) is 0 Å². The fourth-order valence-corrected chi connectivity index (χ4v) is 3.29. The Balaban J connectivity index is 1.48. The first-order chi connectivity index (χ1) is 15.0. The topological polar surface area (TPSA) is 97.5 Å². The van der Waals surface area contributed by atoms with Gasteiger partial charge < -0.3 is 19.6 Å². The van der Waals surface area contributed by atoms with Crippen LogP contribution < -0.4 is 10.1 Å². The highest BCUT2D eigenvalue weighted by Crippen LogP contribution is 2.27. The summed E-state index contributed by atoms with van der Waals surface area (Å²) >= 11 is 0. The number of nitrogens with zero attached hydrogens (tertiary/aromatic N) is 2. The van der Waals surface area contributed by atoms with Gasteiger partial charge in [-0.2, -0.15) is 0 Å². The molecule has 31 heavy (non-hydrogen) atoms. The van der Waals surface area contributed by atoms with Gasteiger partial charge in [0.05, 0.1) is 18.6 Å². The van der Waals surface area contributed by atoms with Crippen LogP contribution in [0.5, 0.6) is 5.75 Å². The van der Waals surface area contributed by atoms with E-state index < -0.39 is 5.97 Å². The van der Waals surface area contributed by atoms with Gasteiger partial charge in [0.1, 0.15) is 34.9 Å². The van der Waals surface area contributed by atoms with Gasteiger partial charge in [-0.1, -0.05) is 6.07 Å². The van der Waals surface area contributed by atoms with Crippen LogP contribution in [-0.4, -0.2) is 34.2 Å². The zero-order valence-electron chi connectivity index (χ0n) is 16.8. The summed E-state index contributed by atoms with van der Waals surface area (Å²) in [5, 5.41) is 13.3. The van der Waals surface area contributed by atoms with Crippen molar-refractivity contribution in [1.82, 2.24) is 9.97 Å². The van der Waals surface area contributed by atoms with Crippen molar-refractivity contribution < 1.29 is 23.4 Å². The third-order valence-electron chi connectivity index (χ3n) is 4.80. The van der Waals surface area contributed by atoms with Crippen LogP contribution >= 0.6 is 0 Å². The van der Waals surface area contributed by atoms with Crippen molar-refractivity contribution in [3.05, 3.63) is 72.0 Å². The van der Waals surface area contributed by atoms with E-state index in [-0.39, 0.29) is 17.1 Å². The molecule has 0 fully saturated rings. The number of carboxylic acid groups (broad SMARTS) is 1. The molecule has 0 saturated carbocycles. The lowest BCUT2D eigenvalue weighted by Crippen LogP contribution is -2.08. The molecule has 0 aliphatic rings. The molecular formula is C23H20FN3O4. The molecule has 4 aromatic rings. The number of hydrogen-bond donors (Lipinski definition) is 2. The number of anilines is 1. The zero-order valence-corrected chi connectivity index (χ0v) is 16.8. The highest BCUT2D eigenvalue weighted by Gasteiger charge is 2.13. The molecule has 0 saturated heterocycles. The highest BCUT2D eigenvalue weighted by atomic mass is 19.1. The smallest absolute Gasteiger partial charge is 0.339 e. The fraction of sp³-hybridized carbons (Fsp3) is 0.174. The van der Waals surface area contributed by atoms with Crippen molar-refractivity contribution in [3.63, 3.8) is 0 Å². The van der Waals surface area contributed by atoms with E-state index >= 15 is 0 Å². The number of ether oxygens (including phenoxy) is 1. The number of furan rings is 1. The average molecular weight is 421 g/mol. The van der Waals surface area contributed by atoms with Crippen LogP contribution in [0.3, 0.4) is 0 Å². The lowest BCUT2D eigenvalue weighted by Gasteiger charge is -2.11. The van der Waals surface area contributed by atoms with Crippen molar-refractivity contribution in [3.8, 4) is 17.0 Å². The summed E-state index contributed by atoms with van der Waals surface area (Å²) in [5.74, 6) is -0.503. The van der Waals surface area contributed by atoms with E-state index in [2.05, 4.69) is 15.3 Å². The normalized spacial score (nSPS) is 10.9. The average Bonchev–Trinajstić information content (AvgIpc) is 3.21. The minimum absolute atomic E-state index is 0.0922. The first kappa shape index (κ1) is 20.3. The standard InChI is InChI=1S/C23H20FN3O4/c1-2-30-21-10-15(3-4-17(21)23(28)29)19-12-22(27-13-26-19)25-7-5-14-9-16-6-8-31-20(16)11-18(14)24/h3-4,6,8-13H,2,5,7H2,1H3,(H,28,29)(H,25,26,27). The number of halogens is 1. The molecule has 2 aromatic carbocycles. The third-order valence-corrected chi connectivity index (χ3v) is 4.80. The monoisotopic (exact) mass is 421 g/mol. The summed E-state index contributed by atoms with van der Waals surface area (Å²) < 4.78 is 24.9. The molecule has 0 amide bonds. The number of hydrogen-bond acceptors (Lipinski definition) is 6. The van der Waals surface area contributed by atoms with Gasteiger partial charge >= 0.3 is 5.97 Å². The third kappa shape index (κ3) is 4.48. The maximum Gasteiger partial charge on any atom is 0.339 e. The van der Waals surface area contributed by atoms with Crippen LogP contribution in [0.15, 0.2) is 59.5 Å². The summed E-state index contributed by atoms with van der Waals surface area (Å²) in [6, 6.07) is 11.5. The van der Waals surface area contributed by atoms with Crippen LogP contribution in [0.25, 0.3) is 22.2 Å². The van der Waals surface area contributed by atoms with Crippen molar-refractivity contribution >= 4 is 22.8 Å². The Labute approximate surface area is 177 Å². The van der Waals surface area contributed by atoms with Gasteiger partial charge in [0, 0.05) is 29.6 Å². The zero-order chi connectivity index (χ0) is 21.8. The number of fused-ring (bicyclic) bond motifs is 1. The molecule has 0 spiro atoms. The first-order valence-electron chi connectivity index (χ1n) is 9.77. The molecule has 2 heterocycles. The second-order valence-corrected chi connectivity index (χ2v) is 6.82. The molecule has 2 aromatic heterocycles. The molecule has 158 valence electrons. The highest BCUT2D eigenvalue weighted by molar-refractivity contribution is 5.92. The SMILES string of the molecule is CCOc1cc(-c2cc(NCCc3cc4ccoc4cc3F)ncn2)ccc1C(=O)O. The molecular weight excluding hydrogens is 401 g/mol. The Kier molecular flexibility index (Phi) is 5.79. The molecule has 4 rings (SSSR count). The molecule has 0 aliphatic carbocycles. The van der Waals surface area contributed by atoms with Crippen molar-refractivity contribution in [2.45, 2.75) is 13.3 Å². The Bertz CT molecular complexity index is 1240. The number of carboxylic acids is 1. The number of aromatic nitrogens is 2. The Morgan fingerprint density at radius 1 is 1.19 bits per heavy atom. The molecule has 0 radical (unpaired) electrons. The maximum absolute atomic E-state index is 14.2. The van der Waals surface area contributed by atoms with E-state index in [4.69, 9.17) is 9.15 Å². The quantitative estimate of drug-likeness (QED) is 0.422. The maximum atomic E-state index is 14.2. The van der Waals surface area contributed by atoms with E-state index in [0.717, 1.165) is 5.39 Å². The number of aromatic carboxylic acids is 1. The number of rotatable bonds is 8. The lowest BCUT2D eigenvalue weighted by molar-refractivity contribution is 0.0692. The Morgan fingerprint density at radius 3 is 2.87 bits per heavy atom. The fourth-order valence-electron chi connectivity index (χ4n) is 3.29. The minimum atomic E-state index is -1.05. The van der Waals surface area contributed by atoms with E-state index in [0.29, 0.717) is 47.8 Å².